The van der Waals surface area contributed by atoms with Crippen molar-refractivity contribution in [2.75, 3.05) is 13.7 Å². The Morgan fingerprint density at radius 1 is 1.13 bits per heavy atom. The van der Waals surface area contributed by atoms with Crippen LogP contribution in [0, 0.1) is 0 Å². The number of nitrogens with one attached hydrogen (secondary N) is 2. The highest BCUT2D eigenvalue weighted by Crippen LogP contribution is 2.16. The van der Waals surface area contributed by atoms with Crippen LogP contribution in [0.3, 0.4) is 0 Å². The van der Waals surface area contributed by atoms with Crippen LogP contribution in [0.4, 0.5) is 0 Å². The summed E-state index contributed by atoms with van der Waals surface area (Å²) in [4.78, 5) is 4.59. The average Bonchev–Trinajstić information content (AvgIpc) is 2.57. The zero-order valence-electron chi connectivity index (χ0n) is 13.5. The maximum atomic E-state index is 6.00. The van der Waals surface area contributed by atoms with E-state index in [1.165, 1.54) is 0 Å². The molecular weight excluding hydrogens is 310 g/mol. The highest BCUT2D eigenvalue weighted by Gasteiger charge is 2.03. The van der Waals surface area contributed by atoms with E-state index in [1.54, 1.807) is 7.11 Å². The van der Waals surface area contributed by atoms with Crippen molar-refractivity contribution in [2.24, 2.45) is 4.99 Å². The smallest absolute Gasteiger partial charge is 0.191 e. The number of halogens is 1. The summed E-state index contributed by atoms with van der Waals surface area (Å²) in [5.41, 5.74) is 2.16. The van der Waals surface area contributed by atoms with Gasteiger partial charge >= 0.3 is 0 Å². The molecule has 0 saturated heterocycles. The van der Waals surface area contributed by atoms with E-state index in [0.717, 1.165) is 34.4 Å². The van der Waals surface area contributed by atoms with Crippen molar-refractivity contribution in [2.45, 2.75) is 20.0 Å². The number of benzene rings is 2. The second kappa shape index (κ2) is 9.06. The second-order valence-corrected chi connectivity index (χ2v) is 5.43. The number of rotatable bonds is 6. The van der Waals surface area contributed by atoms with Gasteiger partial charge in [0.25, 0.3) is 0 Å². The summed E-state index contributed by atoms with van der Waals surface area (Å²) in [6, 6.07) is 15.7. The van der Waals surface area contributed by atoms with Gasteiger partial charge in [0.1, 0.15) is 5.75 Å². The Morgan fingerprint density at radius 3 is 2.70 bits per heavy atom. The summed E-state index contributed by atoms with van der Waals surface area (Å²) < 4.78 is 5.37. The molecule has 0 spiro atoms. The number of nitrogens with zero attached hydrogens (tertiary/aromatic N) is 1. The Kier molecular flexibility index (Phi) is 6.76. The van der Waals surface area contributed by atoms with E-state index in [4.69, 9.17) is 16.3 Å². The zero-order valence-corrected chi connectivity index (χ0v) is 14.2. The van der Waals surface area contributed by atoms with Crippen molar-refractivity contribution in [1.82, 2.24) is 10.6 Å². The van der Waals surface area contributed by atoms with Gasteiger partial charge in [-0.1, -0.05) is 41.9 Å². The molecule has 2 aromatic carbocycles. The molecule has 23 heavy (non-hydrogen) atoms. The van der Waals surface area contributed by atoms with Gasteiger partial charge in [-0.15, -0.1) is 0 Å². The molecule has 0 bridgehead atoms. The van der Waals surface area contributed by atoms with E-state index in [2.05, 4.69) is 15.6 Å². The van der Waals surface area contributed by atoms with Crippen LogP contribution in [0.5, 0.6) is 5.75 Å². The largest absolute Gasteiger partial charge is 0.496 e. The SMILES string of the molecule is CCNC(=NCc1cccc(Cl)c1)NCc1ccccc1OC. The Bertz CT molecular complexity index is 658. The molecule has 0 fully saturated rings. The summed E-state index contributed by atoms with van der Waals surface area (Å²) in [5.74, 6) is 1.63. The Morgan fingerprint density at radius 2 is 1.96 bits per heavy atom. The summed E-state index contributed by atoms with van der Waals surface area (Å²) in [5, 5.41) is 7.29. The molecule has 0 unspecified atom stereocenters. The van der Waals surface area contributed by atoms with Gasteiger partial charge < -0.3 is 15.4 Å². The lowest BCUT2D eigenvalue weighted by Gasteiger charge is -2.13. The number of para-hydroxylation sites is 1. The predicted octanol–water partition coefficient (Wildman–Crippen LogP) is 3.60. The molecule has 0 aliphatic carbocycles. The maximum Gasteiger partial charge on any atom is 0.191 e. The van der Waals surface area contributed by atoms with E-state index < -0.39 is 0 Å². The van der Waals surface area contributed by atoms with Crippen molar-refractivity contribution >= 4 is 17.6 Å². The molecule has 0 atom stereocenters. The van der Waals surface area contributed by atoms with Crippen LogP contribution in [0.25, 0.3) is 0 Å². The van der Waals surface area contributed by atoms with Crippen LogP contribution in [0.1, 0.15) is 18.1 Å². The maximum absolute atomic E-state index is 6.00. The molecule has 2 N–H and O–H groups in total. The van der Waals surface area contributed by atoms with Crippen LogP contribution in [-0.2, 0) is 13.1 Å². The first-order valence-electron chi connectivity index (χ1n) is 7.61. The fourth-order valence-electron chi connectivity index (χ4n) is 2.18. The number of guanidine groups is 1. The minimum Gasteiger partial charge on any atom is -0.496 e. The first kappa shape index (κ1) is 17.2. The Labute approximate surface area is 142 Å². The second-order valence-electron chi connectivity index (χ2n) is 4.99. The number of aliphatic imine (C=N–C) groups is 1. The van der Waals surface area contributed by atoms with Gasteiger partial charge in [0.05, 0.1) is 13.7 Å². The van der Waals surface area contributed by atoms with Crippen molar-refractivity contribution in [3.05, 3.63) is 64.7 Å². The van der Waals surface area contributed by atoms with Gasteiger partial charge in [-0.25, -0.2) is 4.99 Å². The van der Waals surface area contributed by atoms with Gasteiger partial charge in [0, 0.05) is 23.7 Å². The topological polar surface area (TPSA) is 45.7 Å². The van der Waals surface area contributed by atoms with Crippen LogP contribution < -0.4 is 15.4 Å². The van der Waals surface area contributed by atoms with Crippen molar-refractivity contribution in [1.29, 1.82) is 0 Å². The highest BCUT2D eigenvalue weighted by atomic mass is 35.5. The average molecular weight is 332 g/mol. The molecule has 0 aliphatic heterocycles. The molecule has 0 heterocycles. The number of methoxy groups -OCH3 is 1. The standard InChI is InChI=1S/C18H22ClN3O/c1-3-20-18(21-12-14-7-6-9-16(19)11-14)22-13-15-8-4-5-10-17(15)23-2/h4-11H,3,12-13H2,1-2H3,(H2,20,21,22). The van der Waals surface area contributed by atoms with E-state index in [9.17, 15) is 0 Å². The van der Waals surface area contributed by atoms with E-state index >= 15 is 0 Å². The minimum atomic E-state index is 0.571. The van der Waals surface area contributed by atoms with Crippen LogP contribution >= 0.6 is 11.6 Å². The molecule has 122 valence electrons. The fraction of sp³-hybridized carbons (Fsp3) is 0.278. The lowest BCUT2D eigenvalue weighted by atomic mass is 10.2. The molecule has 2 rings (SSSR count). The van der Waals surface area contributed by atoms with Gasteiger partial charge in [0.15, 0.2) is 5.96 Å². The molecular formula is C18H22ClN3O. The lowest BCUT2D eigenvalue weighted by Crippen LogP contribution is -2.36. The number of ether oxygens (including phenoxy) is 1. The lowest BCUT2D eigenvalue weighted by molar-refractivity contribution is 0.409. The minimum absolute atomic E-state index is 0.571. The molecule has 0 radical (unpaired) electrons. The van der Waals surface area contributed by atoms with Gasteiger partial charge in [-0.05, 0) is 30.7 Å². The van der Waals surface area contributed by atoms with Gasteiger partial charge in [-0.3, -0.25) is 0 Å². The Hall–Kier alpha value is -2.20. The van der Waals surface area contributed by atoms with E-state index in [-0.39, 0.29) is 0 Å². The quantitative estimate of drug-likeness (QED) is 0.628. The molecule has 0 aromatic heterocycles. The zero-order chi connectivity index (χ0) is 16.5. The highest BCUT2D eigenvalue weighted by molar-refractivity contribution is 6.30. The summed E-state index contributed by atoms with van der Waals surface area (Å²) in [6.07, 6.45) is 0. The third-order valence-corrected chi connectivity index (χ3v) is 3.53. The first-order chi connectivity index (χ1) is 11.2. The van der Waals surface area contributed by atoms with Crippen molar-refractivity contribution < 1.29 is 4.74 Å². The third kappa shape index (κ3) is 5.49. The van der Waals surface area contributed by atoms with Crippen LogP contribution in [-0.4, -0.2) is 19.6 Å². The Balaban J connectivity index is 2.01. The molecule has 2 aromatic rings. The molecule has 0 aliphatic rings. The third-order valence-electron chi connectivity index (χ3n) is 3.29. The predicted molar refractivity (Wildman–Crippen MR) is 96.1 cm³/mol. The molecule has 4 nitrogen and oxygen atoms in total. The number of hydrogen-bond donors (Lipinski definition) is 2. The van der Waals surface area contributed by atoms with Gasteiger partial charge in [-0.2, -0.15) is 0 Å². The van der Waals surface area contributed by atoms with Crippen LogP contribution in [0.15, 0.2) is 53.5 Å². The summed E-state index contributed by atoms with van der Waals surface area (Å²) in [7, 11) is 1.68. The summed E-state index contributed by atoms with van der Waals surface area (Å²) in [6.45, 7) is 4.06. The van der Waals surface area contributed by atoms with Gasteiger partial charge in [0.2, 0.25) is 0 Å². The summed E-state index contributed by atoms with van der Waals surface area (Å²) >= 11 is 6.00. The fourth-order valence-corrected chi connectivity index (χ4v) is 2.39. The van der Waals surface area contributed by atoms with Crippen molar-refractivity contribution in [3.8, 4) is 5.75 Å². The molecule has 5 heteroatoms. The van der Waals surface area contributed by atoms with Crippen molar-refractivity contribution in [3.63, 3.8) is 0 Å². The molecule has 0 amide bonds. The van der Waals surface area contributed by atoms with E-state index in [1.807, 2.05) is 55.5 Å². The monoisotopic (exact) mass is 331 g/mol. The van der Waals surface area contributed by atoms with Crippen LogP contribution in [0.2, 0.25) is 5.02 Å². The number of hydrogen-bond acceptors (Lipinski definition) is 2. The van der Waals surface area contributed by atoms with E-state index in [0.29, 0.717) is 13.1 Å². The first-order valence-corrected chi connectivity index (χ1v) is 7.99. The molecule has 0 saturated carbocycles. The normalized spacial score (nSPS) is 11.2.